The average molecular weight is 484 g/mol. The van der Waals surface area contributed by atoms with E-state index in [0.717, 1.165) is 40.6 Å². The van der Waals surface area contributed by atoms with E-state index >= 15 is 0 Å². The Morgan fingerprint density at radius 3 is 2.25 bits per heavy atom. The van der Waals surface area contributed by atoms with Crippen LogP contribution in [0.15, 0.2) is 76.5 Å². The van der Waals surface area contributed by atoms with Crippen molar-refractivity contribution in [3.8, 4) is 0 Å². The number of nitrogens with zero attached hydrogens (tertiary/aromatic N) is 1. The molecule has 164 valence electrons. The van der Waals surface area contributed by atoms with Crippen LogP contribution < -0.4 is 0 Å². The summed E-state index contributed by atoms with van der Waals surface area (Å²) in [4.78, 5) is 14.1. The highest BCUT2D eigenvalue weighted by molar-refractivity contribution is 7.99. The number of hydrogen-bond acceptors (Lipinski definition) is 2. The number of hydrogen-bond donors (Lipinski definition) is 1. The van der Waals surface area contributed by atoms with Crippen molar-refractivity contribution in [3.63, 3.8) is 0 Å². The van der Waals surface area contributed by atoms with E-state index in [1.165, 1.54) is 17.3 Å². The van der Waals surface area contributed by atoms with Gasteiger partial charge < -0.3 is 9.67 Å². The fourth-order valence-corrected chi connectivity index (χ4v) is 5.15. The minimum Gasteiger partial charge on any atom is -0.477 e. The minimum absolute atomic E-state index is 0.261. The SMILES string of the molecule is CCCCc1ccc(Sc2c(C(=O)O)n(Cc3ccc(Cl)cc3)c3ccc(Cl)cc23)cc1. The number of fused-ring (bicyclic) bond motifs is 1. The van der Waals surface area contributed by atoms with Crippen molar-refractivity contribution in [2.45, 2.75) is 42.5 Å². The summed E-state index contributed by atoms with van der Waals surface area (Å²) in [5.41, 5.74) is 3.37. The third-order valence-corrected chi connectivity index (χ3v) is 7.01. The van der Waals surface area contributed by atoms with Crippen LogP contribution in [0.4, 0.5) is 0 Å². The predicted molar refractivity (Wildman–Crippen MR) is 134 cm³/mol. The molecule has 0 bridgehead atoms. The summed E-state index contributed by atoms with van der Waals surface area (Å²) >= 11 is 13.8. The molecule has 6 heteroatoms. The van der Waals surface area contributed by atoms with Gasteiger partial charge in [-0.05, 0) is 66.4 Å². The molecule has 3 aromatic carbocycles. The Bertz CT molecular complexity index is 1250. The zero-order valence-electron chi connectivity index (χ0n) is 17.6. The molecule has 4 rings (SSSR count). The summed E-state index contributed by atoms with van der Waals surface area (Å²) in [5, 5.41) is 12.2. The first kappa shape index (κ1) is 22.8. The Kier molecular flexibility index (Phi) is 7.14. The summed E-state index contributed by atoms with van der Waals surface area (Å²) in [5.74, 6) is -0.964. The van der Waals surface area contributed by atoms with E-state index in [2.05, 4.69) is 31.2 Å². The second kappa shape index (κ2) is 10.0. The van der Waals surface area contributed by atoms with Gasteiger partial charge in [0, 0.05) is 26.9 Å². The van der Waals surface area contributed by atoms with E-state index in [4.69, 9.17) is 23.2 Å². The number of rotatable bonds is 8. The van der Waals surface area contributed by atoms with Gasteiger partial charge in [0.1, 0.15) is 5.69 Å². The lowest BCUT2D eigenvalue weighted by atomic mass is 10.1. The quantitative estimate of drug-likeness (QED) is 0.274. The maximum Gasteiger partial charge on any atom is 0.353 e. The van der Waals surface area contributed by atoms with Gasteiger partial charge in [-0.15, -0.1) is 0 Å². The van der Waals surface area contributed by atoms with Gasteiger partial charge in [-0.3, -0.25) is 0 Å². The molecule has 0 radical (unpaired) electrons. The topological polar surface area (TPSA) is 42.2 Å². The normalized spacial score (nSPS) is 11.2. The Hall–Kier alpha value is -2.40. The molecule has 1 aromatic heterocycles. The molecule has 0 unspecified atom stereocenters. The van der Waals surface area contributed by atoms with E-state index in [1.807, 2.05) is 41.0 Å². The molecule has 0 amide bonds. The number of aromatic carboxylic acids is 1. The van der Waals surface area contributed by atoms with Crippen molar-refractivity contribution in [2.75, 3.05) is 0 Å². The Balaban J connectivity index is 1.78. The van der Waals surface area contributed by atoms with E-state index in [-0.39, 0.29) is 5.69 Å². The molecule has 0 aliphatic heterocycles. The molecule has 0 saturated carbocycles. The Morgan fingerprint density at radius 2 is 1.59 bits per heavy atom. The lowest BCUT2D eigenvalue weighted by Gasteiger charge is -2.10. The van der Waals surface area contributed by atoms with Crippen LogP contribution in [-0.2, 0) is 13.0 Å². The second-order valence-electron chi connectivity index (χ2n) is 7.71. The zero-order chi connectivity index (χ0) is 22.7. The fraction of sp³-hybridized carbons (Fsp3) is 0.192. The number of carbonyl (C=O) groups is 1. The average Bonchev–Trinajstić information content (AvgIpc) is 3.07. The van der Waals surface area contributed by atoms with Gasteiger partial charge in [0.2, 0.25) is 0 Å². The molecule has 0 aliphatic rings. The number of carboxylic acid groups (broad SMARTS) is 1. The molecule has 0 aliphatic carbocycles. The van der Waals surface area contributed by atoms with E-state index in [9.17, 15) is 9.90 Å². The van der Waals surface area contributed by atoms with Gasteiger partial charge in [-0.25, -0.2) is 4.79 Å². The molecule has 1 N–H and O–H groups in total. The first-order valence-electron chi connectivity index (χ1n) is 10.5. The minimum atomic E-state index is -0.964. The largest absolute Gasteiger partial charge is 0.477 e. The zero-order valence-corrected chi connectivity index (χ0v) is 20.0. The molecular weight excluding hydrogens is 461 g/mol. The van der Waals surface area contributed by atoms with Crippen molar-refractivity contribution in [1.29, 1.82) is 0 Å². The van der Waals surface area contributed by atoms with Crippen LogP contribution in [0.3, 0.4) is 0 Å². The maximum absolute atomic E-state index is 12.4. The third-order valence-electron chi connectivity index (χ3n) is 5.40. The van der Waals surface area contributed by atoms with Crippen LogP contribution in [0.2, 0.25) is 10.0 Å². The third kappa shape index (κ3) is 4.98. The van der Waals surface area contributed by atoms with Gasteiger partial charge in [0.05, 0.1) is 10.4 Å². The molecule has 0 spiro atoms. The highest BCUT2D eigenvalue weighted by Gasteiger charge is 2.24. The summed E-state index contributed by atoms with van der Waals surface area (Å²) in [7, 11) is 0. The summed E-state index contributed by atoms with van der Waals surface area (Å²) in [6.45, 7) is 2.61. The molecule has 4 aromatic rings. The monoisotopic (exact) mass is 483 g/mol. The first-order valence-corrected chi connectivity index (χ1v) is 12.1. The van der Waals surface area contributed by atoms with Crippen LogP contribution in [0.1, 0.15) is 41.4 Å². The van der Waals surface area contributed by atoms with E-state index in [0.29, 0.717) is 21.5 Å². The molecule has 0 atom stereocenters. The predicted octanol–water partition coefficient (Wildman–Crippen LogP) is 8.19. The van der Waals surface area contributed by atoms with Crippen molar-refractivity contribution in [3.05, 3.63) is 93.6 Å². The summed E-state index contributed by atoms with van der Waals surface area (Å²) in [6.07, 6.45) is 3.37. The van der Waals surface area contributed by atoms with Crippen LogP contribution in [-0.4, -0.2) is 15.6 Å². The molecule has 3 nitrogen and oxygen atoms in total. The highest BCUT2D eigenvalue weighted by atomic mass is 35.5. The first-order chi connectivity index (χ1) is 15.5. The number of aryl methyl sites for hydroxylation is 1. The molecule has 1 heterocycles. The van der Waals surface area contributed by atoms with Crippen LogP contribution in [0.25, 0.3) is 10.9 Å². The van der Waals surface area contributed by atoms with E-state index in [1.54, 1.807) is 6.07 Å². The number of benzene rings is 3. The molecular formula is C26H23Cl2NO2S. The Labute approximate surface area is 202 Å². The van der Waals surface area contributed by atoms with Crippen LogP contribution in [0, 0.1) is 0 Å². The highest BCUT2D eigenvalue weighted by Crippen LogP contribution is 2.40. The van der Waals surface area contributed by atoms with Gasteiger partial charge in [-0.1, -0.05) is 72.6 Å². The van der Waals surface area contributed by atoms with Crippen LogP contribution in [0.5, 0.6) is 0 Å². The number of aromatic nitrogens is 1. The van der Waals surface area contributed by atoms with Gasteiger partial charge in [-0.2, -0.15) is 0 Å². The van der Waals surface area contributed by atoms with Crippen molar-refractivity contribution < 1.29 is 9.90 Å². The lowest BCUT2D eigenvalue weighted by molar-refractivity contribution is 0.0682. The van der Waals surface area contributed by atoms with Crippen molar-refractivity contribution in [1.82, 2.24) is 4.57 Å². The summed E-state index contributed by atoms with van der Waals surface area (Å²) < 4.78 is 1.84. The smallest absolute Gasteiger partial charge is 0.353 e. The molecule has 0 saturated heterocycles. The van der Waals surface area contributed by atoms with Crippen LogP contribution >= 0.6 is 35.0 Å². The van der Waals surface area contributed by atoms with Gasteiger partial charge in [0.25, 0.3) is 0 Å². The lowest BCUT2D eigenvalue weighted by Crippen LogP contribution is -2.10. The van der Waals surface area contributed by atoms with Crippen molar-refractivity contribution in [2.24, 2.45) is 0 Å². The van der Waals surface area contributed by atoms with Gasteiger partial charge in [0.15, 0.2) is 0 Å². The second-order valence-corrected chi connectivity index (χ2v) is 9.66. The standard InChI is InChI=1S/C26H23Cl2NO2S/c1-2-3-4-17-7-12-21(13-8-17)32-25-22-15-20(28)11-14-23(22)29(24(25)26(30)31)16-18-5-9-19(27)10-6-18/h5-15H,2-4,16H2,1H3,(H,30,31). The van der Waals surface area contributed by atoms with Gasteiger partial charge >= 0.3 is 5.97 Å². The number of halogens is 2. The summed E-state index contributed by atoms with van der Waals surface area (Å²) in [6, 6.07) is 21.4. The maximum atomic E-state index is 12.4. The van der Waals surface area contributed by atoms with E-state index < -0.39 is 5.97 Å². The van der Waals surface area contributed by atoms with Crippen molar-refractivity contribution >= 4 is 51.8 Å². The molecule has 0 fully saturated rings. The molecule has 32 heavy (non-hydrogen) atoms. The fourth-order valence-electron chi connectivity index (χ4n) is 3.77. The number of unbranched alkanes of at least 4 members (excludes halogenated alkanes) is 1. The Morgan fingerprint density at radius 1 is 0.938 bits per heavy atom. The number of carboxylic acids is 1.